The molecule has 1 aromatic rings. The van der Waals surface area contributed by atoms with Crippen molar-refractivity contribution in [2.75, 3.05) is 0 Å². The van der Waals surface area contributed by atoms with Gasteiger partial charge < -0.3 is 10.6 Å². The molecule has 18 heavy (non-hydrogen) atoms. The van der Waals surface area contributed by atoms with Gasteiger partial charge in [-0.1, -0.05) is 43.2 Å². The smallest absolute Gasteiger partial charge is 0.315 e. The van der Waals surface area contributed by atoms with E-state index in [1.54, 1.807) is 0 Å². The first kappa shape index (κ1) is 11.6. The average molecular weight is 244 g/mol. The maximum Gasteiger partial charge on any atom is 0.315 e. The number of carbonyl (C=O) groups excluding carboxylic acids is 1. The molecule has 2 amide bonds. The number of benzene rings is 1. The lowest BCUT2D eigenvalue weighted by molar-refractivity contribution is 0.232. The fourth-order valence-electron chi connectivity index (χ4n) is 2.88. The van der Waals surface area contributed by atoms with Crippen LogP contribution in [0.4, 0.5) is 4.79 Å². The fourth-order valence-corrected chi connectivity index (χ4v) is 2.88. The summed E-state index contributed by atoms with van der Waals surface area (Å²) in [4.78, 5) is 12.0. The van der Waals surface area contributed by atoms with Gasteiger partial charge in [-0.2, -0.15) is 0 Å². The largest absolute Gasteiger partial charge is 0.335 e. The van der Waals surface area contributed by atoms with Crippen LogP contribution < -0.4 is 10.6 Å². The predicted molar refractivity (Wildman–Crippen MR) is 71.3 cm³/mol. The number of amides is 2. The summed E-state index contributed by atoms with van der Waals surface area (Å²) < 4.78 is 0. The monoisotopic (exact) mass is 244 g/mol. The van der Waals surface area contributed by atoms with Gasteiger partial charge >= 0.3 is 6.03 Å². The summed E-state index contributed by atoms with van der Waals surface area (Å²) in [7, 11) is 0. The Morgan fingerprint density at radius 3 is 2.39 bits per heavy atom. The molecule has 0 atom stereocenters. The minimum atomic E-state index is -0.0933. The molecule has 3 nitrogen and oxygen atoms in total. The van der Waals surface area contributed by atoms with E-state index in [4.69, 9.17) is 0 Å². The highest BCUT2D eigenvalue weighted by Gasteiger charge is 2.45. The molecule has 0 unspecified atom stereocenters. The molecular formula is C15H20N2O. The van der Waals surface area contributed by atoms with Crippen LogP contribution in [-0.2, 0) is 5.54 Å². The van der Waals surface area contributed by atoms with Crippen LogP contribution in [0.3, 0.4) is 0 Å². The topological polar surface area (TPSA) is 41.1 Å². The minimum absolute atomic E-state index is 0.00301. The summed E-state index contributed by atoms with van der Waals surface area (Å²) in [6.45, 7) is 0. The Bertz CT molecular complexity index is 419. The molecule has 96 valence electrons. The second kappa shape index (κ2) is 4.63. The van der Waals surface area contributed by atoms with E-state index in [1.165, 1.54) is 18.4 Å². The van der Waals surface area contributed by atoms with Crippen molar-refractivity contribution < 1.29 is 4.79 Å². The third kappa shape index (κ3) is 2.35. The standard InChI is InChI=1S/C15H20N2O/c18-14(16-13-8-4-5-9-13)17-15(10-11-15)12-6-2-1-3-7-12/h1-3,6-7,13H,4-5,8-11H2,(H2,16,17,18). The van der Waals surface area contributed by atoms with E-state index in [0.29, 0.717) is 6.04 Å². The lowest BCUT2D eigenvalue weighted by Gasteiger charge is -2.20. The van der Waals surface area contributed by atoms with Crippen LogP contribution in [-0.4, -0.2) is 12.1 Å². The molecule has 0 radical (unpaired) electrons. The Balaban J connectivity index is 1.60. The SMILES string of the molecule is O=C(NC1CCCC1)NC1(c2ccccc2)CC1. The van der Waals surface area contributed by atoms with E-state index in [0.717, 1.165) is 25.7 Å². The molecule has 0 aliphatic heterocycles. The molecule has 0 saturated heterocycles. The molecule has 2 aliphatic carbocycles. The zero-order valence-corrected chi connectivity index (χ0v) is 10.6. The molecule has 2 aliphatic rings. The number of nitrogens with one attached hydrogen (secondary N) is 2. The van der Waals surface area contributed by atoms with Gasteiger partial charge in [0.25, 0.3) is 0 Å². The first-order valence-electron chi connectivity index (χ1n) is 6.93. The van der Waals surface area contributed by atoms with Crippen molar-refractivity contribution >= 4 is 6.03 Å². The zero-order chi connectivity index (χ0) is 12.4. The van der Waals surface area contributed by atoms with Crippen molar-refractivity contribution in [3.05, 3.63) is 35.9 Å². The highest BCUT2D eigenvalue weighted by molar-refractivity contribution is 5.76. The van der Waals surface area contributed by atoms with Crippen molar-refractivity contribution in [2.45, 2.75) is 50.1 Å². The van der Waals surface area contributed by atoms with Crippen molar-refractivity contribution in [2.24, 2.45) is 0 Å². The highest BCUT2D eigenvalue weighted by Crippen LogP contribution is 2.45. The summed E-state index contributed by atoms with van der Waals surface area (Å²) in [5.41, 5.74) is 1.14. The van der Waals surface area contributed by atoms with Gasteiger partial charge in [0.2, 0.25) is 0 Å². The van der Waals surface area contributed by atoms with Gasteiger partial charge in [0, 0.05) is 6.04 Å². The molecule has 3 heteroatoms. The average Bonchev–Trinajstić information content (AvgIpc) is 2.98. The van der Waals surface area contributed by atoms with E-state index in [-0.39, 0.29) is 11.6 Å². The van der Waals surface area contributed by atoms with Crippen LogP contribution in [0.1, 0.15) is 44.1 Å². The second-order valence-corrected chi connectivity index (χ2v) is 5.53. The number of hydrogen-bond donors (Lipinski definition) is 2. The summed E-state index contributed by atoms with van der Waals surface area (Å²) in [5.74, 6) is 0. The predicted octanol–water partition coefficient (Wildman–Crippen LogP) is 2.92. The Kier molecular flexibility index (Phi) is 2.98. The molecule has 2 saturated carbocycles. The van der Waals surface area contributed by atoms with Gasteiger partial charge in [0.1, 0.15) is 0 Å². The van der Waals surface area contributed by atoms with Gasteiger partial charge in [0.05, 0.1) is 5.54 Å². The van der Waals surface area contributed by atoms with E-state index < -0.39 is 0 Å². The minimum Gasteiger partial charge on any atom is -0.335 e. The Labute approximate surface area is 108 Å². The Morgan fingerprint density at radius 1 is 1.11 bits per heavy atom. The summed E-state index contributed by atoms with van der Waals surface area (Å²) in [6.07, 6.45) is 6.85. The van der Waals surface area contributed by atoms with Gasteiger partial charge in [0.15, 0.2) is 0 Å². The van der Waals surface area contributed by atoms with Crippen LogP contribution in [0, 0.1) is 0 Å². The molecule has 2 fully saturated rings. The Morgan fingerprint density at radius 2 is 1.78 bits per heavy atom. The number of urea groups is 1. The lowest BCUT2D eigenvalue weighted by atomic mass is 10.1. The number of hydrogen-bond acceptors (Lipinski definition) is 1. The fraction of sp³-hybridized carbons (Fsp3) is 0.533. The van der Waals surface area contributed by atoms with Crippen molar-refractivity contribution in [3.63, 3.8) is 0 Å². The first-order valence-corrected chi connectivity index (χ1v) is 6.93. The number of carbonyl (C=O) groups is 1. The first-order chi connectivity index (χ1) is 8.78. The van der Waals surface area contributed by atoms with E-state index in [9.17, 15) is 4.79 Å². The van der Waals surface area contributed by atoms with Crippen LogP contribution in [0.5, 0.6) is 0 Å². The Hall–Kier alpha value is -1.51. The van der Waals surface area contributed by atoms with Gasteiger partial charge in [-0.15, -0.1) is 0 Å². The zero-order valence-electron chi connectivity index (χ0n) is 10.6. The van der Waals surface area contributed by atoms with E-state index in [2.05, 4.69) is 22.8 Å². The maximum absolute atomic E-state index is 12.0. The molecule has 0 spiro atoms. The molecule has 2 N–H and O–H groups in total. The van der Waals surface area contributed by atoms with E-state index in [1.807, 2.05) is 18.2 Å². The third-order valence-corrected chi connectivity index (χ3v) is 4.12. The summed E-state index contributed by atoms with van der Waals surface area (Å²) >= 11 is 0. The van der Waals surface area contributed by atoms with Crippen LogP contribution >= 0.6 is 0 Å². The maximum atomic E-state index is 12.0. The summed E-state index contributed by atoms with van der Waals surface area (Å²) in [5, 5.41) is 6.26. The van der Waals surface area contributed by atoms with Crippen LogP contribution in [0.15, 0.2) is 30.3 Å². The normalized spacial score (nSPS) is 21.6. The van der Waals surface area contributed by atoms with Crippen LogP contribution in [0.25, 0.3) is 0 Å². The number of rotatable bonds is 3. The third-order valence-electron chi connectivity index (χ3n) is 4.12. The van der Waals surface area contributed by atoms with E-state index >= 15 is 0 Å². The van der Waals surface area contributed by atoms with Gasteiger partial charge in [-0.3, -0.25) is 0 Å². The molecule has 0 heterocycles. The van der Waals surface area contributed by atoms with Crippen LogP contribution in [0.2, 0.25) is 0 Å². The summed E-state index contributed by atoms with van der Waals surface area (Å²) in [6, 6.07) is 10.7. The van der Waals surface area contributed by atoms with Gasteiger partial charge in [-0.05, 0) is 31.2 Å². The highest BCUT2D eigenvalue weighted by atomic mass is 16.2. The second-order valence-electron chi connectivity index (χ2n) is 5.53. The molecule has 1 aromatic carbocycles. The lowest BCUT2D eigenvalue weighted by Crippen LogP contribution is -2.45. The van der Waals surface area contributed by atoms with Crippen molar-refractivity contribution in [3.8, 4) is 0 Å². The molecule has 0 bridgehead atoms. The molecule has 0 aromatic heterocycles. The quantitative estimate of drug-likeness (QED) is 0.843. The van der Waals surface area contributed by atoms with Crippen molar-refractivity contribution in [1.29, 1.82) is 0 Å². The molecule has 3 rings (SSSR count). The molecular weight excluding hydrogens is 224 g/mol. The van der Waals surface area contributed by atoms with Gasteiger partial charge in [-0.25, -0.2) is 4.79 Å². The van der Waals surface area contributed by atoms with Crippen molar-refractivity contribution in [1.82, 2.24) is 10.6 Å².